The van der Waals surface area contributed by atoms with Gasteiger partial charge in [0, 0.05) is 0 Å². The van der Waals surface area contributed by atoms with E-state index in [2.05, 4.69) is 22.6 Å². The number of alkyl halides is 1. The van der Waals surface area contributed by atoms with Gasteiger partial charge in [0.25, 0.3) is 0 Å². The minimum Gasteiger partial charge on any atom is -0.394 e. The van der Waals surface area contributed by atoms with Gasteiger partial charge in [-0.05, 0) is 0 Å². The summed E-state index contributed by atoms with van der Waals surface area (Å²) < 4.78 is 11.1. The van der Waals surface area contributed by atoms with Crippen LogP contribution in [0.1, 0.15) is 0 Å². The summed E-state index contributed by atoms with van der Waals surface area (Å²) in [7, 11) is 0. The number of rotatable bonds is 2. The Hall–Kier alpha value is 0.610. The molecular weight excluding hydrogens is 235 g/mol. The molecule has 0 spiro atoms. The van der Waals surface area contributed by atoms with Gasteiger partial charge in [0.05, 0.1) is 17.6 Å². The molecule has 0 aromatic carbocycles. The van der Waals surface area contributed by atoms with E-state index in [9.17, 15) is 0 Å². The molecule has 9 heavy (non-hydrogen) atoms. The average Bonchev–Trinajstić information content (AvgIpc) is 2.34. The Morgan fingerprint density at radius 1 is 1.67 bits per heavy atom. The second-order valence-electron chi connectivity index (χ2n) is 1.86. The summed E-state index contributed by atoms with van der Waals surface area (Å²) in [5, 5.41) is 8.57. The van der Waals surface area contributed by atoms with Crippen molar-refractivity contribution in [3.8, 4) is 0 Å². The van der Waals surface area contributed by atoms with Crippen molar-refractivity contribution >= 4 is 22.6 Å². The monoisotopic (exact) mass is 244 g/mol. The van der Waals surface area contributed by atoms with Crippen molar-refractivity contribution in [2.45, 2.75) is 12.4 Å². The van der Waals surface area contributed by atoms with E-state index in [1.165, 1.54) is 0 Å². The first-order chi connectivity index (χ1) is 4.36. The van der Waals surface area contributed by atoms with Crippen LogP contribution in [0.25, 0.3) is 0 Å². The maximum atomic E-state index is 8.57. The third kappa shape index (κ3) is 2.03. The van der Waals surface area contributed by atoms with E-state index in [1.807, 2.05) is 0 Å². The molecule has 1 saturated heterocycles. The van der Waals surface area contributed by atoms with Gasteiger partial charge in [-0.25, -0.2) is 0 Å². The van der Waals surface area contributed by atoms with Crippen LogP contribution in [0.5, 0.6) is 0 Å². The predicted octanol–water partition coefficient (Wildman–Crippen LogP) is 0.155. The molecular formula is C5H9IO3. The topological polar surface area (TPSA) is 38.7 Å². The van der Waals surface area contributed by atoms with Gasteiger partial charge < -0.3 is 14.6 Å². The number of hydrogen-bond donors (Lipinski definition) is 1. The summed E-state index contributed by atoms with van der Waals surface area (Å²) in [6.07, 6.45) is -0.187. The molecule has 1 aliphatic rings. The molecule has 1 N–H and O–H groups in total. The highest BCUT2D eigenvalue weighted by molar-refractivity contribution is 14.1. The second kappa shape index (κ2) is 3.70. The first-order valence-electron chi connectivity index (χ1n) is 2.80. The number of aliphatic hydroxyl groups is 1. The van der Waals surface area contributed by atoms with Crippen LogP contribution in [-0.4, -0.2) is 35.1 Å². The van der Waals surface area contributed by atoms with Crippen LogP contribution in [-0.2, 0) is 9.47 Å². The number of aliphatic hydroxyl groups excluding tert-OH is 1. The molecule has 1 aliphatic heterocycles. The molecule has 3 nitrogen and oxygen atoms in total. The molecule has 0 saturated carbocycles. The van der Waals surface area contributed by atoms with Gasteiger partial charge in [-0.1, -0.05) is 22.6 Å². The van der Waals surface area contributed by atoms with Gasteiger partial charge in [0.15, 0.2) is 6.29 Å². The fourth-order valence-corrected chi connectivity index (χ4v) is 1.15. The third-order valence-corrected chi connectivity index (χ3v) is 1.86. The zero-order chi connectivity index (χ0) is 6.69. The fourth-order valence-electron chi connectivity index (χ4n) is 0.685. The predicted molar refractivity (Wildman–Crippen MR) is 40.6 cm³/mol. The molecule has 0 radical (unpaired) electrons. The molecule has 1 heterocycles. The number of halogens is 1. The Morgan fingerprint density at radius 2 is 2.44 bits per heavy atom. The van der Waals surface area contributed by atoms with Crippen LogP contribution in [0.3, 0.4) is 0 Å². The van der Waals surface area contributed by atoms with E-state index in [-0.39, 0.29) is 19.0 Å². The van der Waals surface area contributed by atoms with E-state index in [1.54, 1.807) is 0 Å². The molecule has 0 aliphatic carbocycles. The molecule has 0 amide bonds. The highest BCUT2D eigenvalue weighted by atomic mass is 127. The van der Waals surface area contributed by atoms with Gasteiger partial charge in [0.1, 0.15) is 6.10 Å². The summed E-state index contributed by atoms with van der Waals surface area (Å²) in [5.74, 6) is 0. The average molecular weight is 244 g/mol. The van der Waals surface area contributed by atoms with E-state index < -0.39 is 0 Å². The van der Waals surface area contributed by atoms with Crippen LogP contribution in [0.4, 0.5) is 0 Å². The normalized spacial score (nSPS) is 35.3. The van der Waals surface area contributed by atoms with Gasteiger partial charge in [-0.3, -0.25) is 0 Å². The first-order valence-corrected chi connectivity index (χ1v) is 4.33. The van der Waals surface area contributed by atoms with Crippen LogP contribution in [0.2, 0.25) is 0 Å². The summed E-state index contributed by atoms with van der Waals surface area (Å²) in [5.41, 5.74) is 0. The molecule has 0 bridgehead atoms. The van der Waals surface area contributed by atoms with Crippen molar-refractivity contribution in [1.29, 1.82) is 0 Å². The Labute approximate surface area is 67.5 Å². The van der Waals surface area contributed by atoms with Crippen molar-refractivity contribution in [2.75, 3.05) is 17.6 Å². The first kappa shape index (κ1) is 7.71. The smallest absolute Gasteiger partial charge is 0.167 e. The quantitative estimate of drug-likeness (QED) is 0.555. The van der Waals surface area contributed by atoms with Crippen molar-refractivity contribution < 1.29 is 14.6 Å². The second-order valence-corrected chi connectivity index (χ2v) is 2.74. The lowest BCUT2D eigenvalue weighted by atomic mass is 10.4. The zero-order valence-electron chi connectivity index (χ0n) is 4.92. The van der Waals surface area contributed by atoms with Crippen LogP contribution in [0.15, 0.2) is 0 Å². The highest BCUT2D eigenvalue weighted by Crippen LogP contribution is 2.12. The van der Waals surface area contributed by atoms with Crippen LogP contribution in [0, 0.1) is 0 Å². The summed E-state index contributed by atoms with van der Waals surface area (Å²) in [4.78, 5) is 0. The maximum Gasteiger partial charge on any atom is 0.167 e. The Kier molecular flexibility index (Phi) is 3.17. The highest BCUT2D eigenvalue weighted by Gasteiger charge is 2.23. The van der Waals surface area contributed by atoms with Crippen molar-refractivity contribution in [1.82, 2.24) is 0 Å². The Bertz CT molecular complexity index is 78.3. The molecule has 1 fully saturated rings. The molecule has 1 rings (SSSR count). The van der Waals surface area contributed by atoms with E-state index >= 15 is 0 Å². The largest absolute Gasteiger partial charge is 0.394 e. The standard InChI is InChI=1S/C5H9IO3/c6-1-5-8-3-4(2-7)9-5/h4-5,7H,1-3H2/t4-,5-/m0/s1. The Balaban J connectivity index is 2.20. The number of ether oxygens (including phenoxy) is 2. The van der Waals surface area contributed by atoms with Gasteiger partial charge >= 0.3 is 0 Å². The summed E-state index contributed by atoms with van der Waals surface area (Å²) in [6, 6.07) is 0. The van der Waals surface area contributed by atoms with Gasteiger partial charge in [-0.2, -0.15) is 0 Å². The van der Waals surface area contributed by atoms with Crippen molar-refractivity contribution in [2.24, 2.45) is 0 Å². The molecule has 0 unspecified atom stereocenters. The van der Waals surface area contributed by atoms with E-state index in [0.29, 0.717) is 6.61 Å². The van der Waals surface area contributed by atoms with Crippen molar-refractivity contribution in [3.05, 3.63) is 0 Å². The van der Waals surface area contributed by atoms with Crippen LogP contribution < -0.4 is 0 Å². The molecule has 54 valence electrons. The zero-order valence-corrected chi connectivity index (χ0v) is 7.08. The number of hydrogen-bond acceptors (Lipinski definition) is 3. The molecule has 2 atom stereocenters. The maximum absolute atomic E-state index is 8.57. The van der Waals surface area contributed by atoms with Gasteiger partial charge in [-0.15, -0.1) is 0 Å². The van der Waals surface area contributed by atoms with E-state index in [0.717, 1.165) is 4.43 Å². The fraction of sp³-hybridized carbons (Fsp3) is 1.00. The van der Waals surface area contributed by atoms with E-state index in [4.69, 9.17) is 14.6 Å². The summed E-state index contributed by atoms with van der Waals surface area (Å²) in [6.45, 7) is 0.595. The lowest BCUT2D eigenvalue weighted by Crippen LogP contribution is -2.16. The lowest BCUT2D eigenvalue weighted by molar-refractivity contribution is -0.0450. The third-order valence-electron chi connectivity index (χ3n) is 1.14. The molecule has 4 heteroatoms. The molecule has 0 aromatic heterocycles. The Morgan fingerprint density at radius 3 is 2.78 bits per heavy atom. The van der Waals surface area contributed by atoms with Crippen LogP contribution >= 0.6 is 22.6 Å². The van der Waals surface area contributed by atoms with Crippen molar-refractivity contribution in [3.63, 3.8) is 0 Å². The van der Waals surface area contributed by atoms with Gasteiger partial charge in [0.2, 0.25) is 0 Å². The summed E-state index contributed by atoms with van der Waals surface area (Å²) >= 11 is 2.18. The SMILES string of the molecule is OC[C@H]1CO[C@H](CI)O1. The minimum absolute atomic E-state index is 0.0626. The minimum atomic E-state index is -0.0947. The lowest BCUT2D eigenvalue weighted by Gasteiger charge is -2.04. The molecule has 0 aromatic rings.